The van der Waals surface area contributed by atoms with Crippen LogP contribution in [0.5, 0.6) is 5.88 Å². The van der Waals surface area contributed by atoms with Crippen molar-refractivity contribution < 1.29 is 27.5 Å². The van der Waals surface area contributed by atoms with Crippen molar-refractivity contribution in [1.29, 1.82) is 0 Å². The highest BCUT2D eigenvalue weighted by molar-refractivity contribution is 8.15. The minimum Gasteiger partial charge on any atom is -0.467 e. The van der Waals surface area contributed by atoms with E-state index in [1.54, 1.807) is 21.0 Å². The normalized spacial score (nSPS) is 23.1. The molecule has 0 radical (unpaired) electrons. The van der Waals surface area contributed by atoms with Crippen LogP contribution in [0, 0.1) is 24.5 Å². The number of amides is 1. The molecule has 2 aromatic heterocycles. The summed E-state index contributed by atoms with van der Waals surface area (Å²) in [5.41, 5.74) is 5.14. The molecule has 1 aromatic carbocycles. The number of anilines is 1. The number of hydrogen-bond donors (Lipinski definition) is 2. The molecule has 0 saturated carbocycles. The van der Waals surface area contributed by atoms with Gasteiger partial charge in [0.1, 0.15) is 12.0 Å². The molecule has 3 aromatic rings. The molecular formula is C25H28F2N6O4S. The van der Waals surface area contributed by atoms with Crippen LogP contribution in [0.2, 0.25) is 0 Å². The van der Waals surface area contributed by atoms with Gasteiger partial charge in [0.2, 0.25) is 11.8 Å². The van der Waals surface area contributed by atoms with E-state index in [0.29, 0.717) is 12.5 Å². The fourth-order valence-corrected chi connectivity index (χ4v) is 5.73. The van der Waals surface area contributed by atoms with E-state index in [4.69, 9.17) is 19.6 Å². The maximum Gasteiger partial charge on any atom is 0.276 e. The molecule has 0 bridgehead atoms. The van der Waals surface area contributed by atoms with Crippen molar-refractivity contribution in [2.75, 3.05) is 19.0 Å². The lowest BCUT2D eigenvalue weighted by atomic mass is 9.74. The van der Waals surface area contributed by atoms with E-state index in [0.717, 1.165) is 6.07 Å². The van der Waals surface area contributed by atoms with Gasteiger partial charge in [-0.2, -0.15) is 0 Å². The molecule has 4 rings (SSSR count). The predicted octanol–water partition coefficient (Wildman–Crippen LogP) is 4.20. The molecule has 13 heteroatoms. The third-order valence-electron chi connectivity index (χ3n) is 6.67. The minimum absolute atomic E-state index is 0.0108. The van der Waals surface area contributed by atoms with Crippen LogP contribution in [-0.2, 0) is 16.9 Å². The van der Waals surface area contributed by atoms with Crippen LogP contribution < -0.4 is 15.8 Å². The number of thioether (sulfide) groups is 1. The quantitative estimate of drug-likeness (QED) is 0.426. The Morgan fingerprint density at radius 2 is 2.05 bits per heavy atom. The number of methoxy groups -OCH3 is 1. The first-order valence-electron chi connectivity index (χ1n) is 11.7. The van der Waals surface area contributed by atoms with Gasteiger partial charge in [0.05, 0.1) is 30.2 Å². The molecule has 3 atom stereocenters. The zero-order chi connectivity index (χ0) is 27.7. The lowest BCUT2D eigenvalue weighted by molar-refractivity contribution is 0.102. The largest absolute Gasteiger partial charge is 0.467 e. The minimum atomic E-state index is -1.23. The van der Waals surface area contributed by atoms with E-state index in [1.165, 1.54) is 36.5 Å². The summed E-state index contributed by atoms with van der Waals surface area (Å²) < 4.78 is 45.4. The van der Waals surface area contributed by atoms with Crippen molar-refractivity contribution in [3.63, 3.8) is 0 Å². The highest BCUT2D eigenvalue weighted by Crippen LogP contribution is 2.50. The summed E-state index contributed by atoms with van der Waals surface area (Å²) in [6.45, 7) is 7.44. The molecule has 3 N–H and O–H groups in total. The van der Waals surface area contributed by atoms with Crippen LogP contribution in [-0.4, -0.2) is 44.5 Å². The molecule has 10 nitrogen and oxygen atoms in total. The summed E-state index contributed by atoms with van der Waals surface area (Å²) >= 11 is 1.33. The Balaban J connectivity index is 1.60. The first kappa shape index (κ1) is 27.5. The van der Waals surface area contributed by atoms with Crippen LogP contribution in [0.15, 0.2) is 40.2 Å². The topological polar surface area (TPSA) is 138 Å². The molecule has 0 aliphatic carbocycles. The van der Waals surface area contributed by atoms with E-state index >= 15 is 4.39 Å². The van der Waals surface area contributed by atoms with Crippen molar-refractivity contribution >= 4 is 28.5 Å². The summed E-state index contributed by atoms with van der Waals surface area (Å²) in [4.78, 5) is 29.8. The van der Waals surface area contributed by atoms with Crippen molar-refractivity contribution in [2.24, 2.45) is 16.6 Å². The second-order valence-electron chi connectivity index (χ2n) is 9.30. The highest BCUT2D eigenvalue weighted by Gasteiger charge is 2.50. The lowest BCUT2D eigenvalue weighted by Gasteiger charge is -2.47. The van der Waals surface area contributed by atoms with E-state index in [-0.39, 0.29) is 46.2 Å². The summed E-state index contributed by atoms with van der Waals surface area (Å²) in [5, 5.41) is 2.82. The third kappa shape index (κ3) is 5.34. The Hall–Kier alpha value is -3.58. The van der Waals surface area contributed by atoms with Crippen LogP contribution in [0.4, 0.5) is 14.5 Å². The average molecular weight is 547 g/mol. The molecule has 0 spiro atoms. The molecule has 202 valence electrons. The van der Waals surface area contributed by atoms with Gasteiger partial charge in [-0.3, -0.25) is 9.79 Å². The monoisotopic (exact) mass is 546 g/mol. The van der Waals surface area contributed by atoms with E-state index in [1.807, 2.05) is 13.8 Å². The number of amidine groups is 1. The number of benzene rings is 1. The number of aliphatic imine (C=N–C) groups is 1. The summed E-state index contributed by atoms with van der Waals surface area (Å²) in [5.74, 6) is -2.65. The van der Waals surface area contributed by atoms with Gasteiger partial charge in [0.25, 0.3) is 5.91 Å². The number of aryl methyl sites for hydroxylation is 1. The highest BCUT2D eigenvalue weighted by atomic mass is 32.2. The zero-order valence-electron chi connectivity index (χ0n) is 21.5. The number of carbonyl (C=O) groups is 1. The second kappa shape index (κ2) is 10.7. The summed E-state index contributed by atoms with van der Waals surface area (Å²) in [7, 11) is 1.56. The van der Waals surface area contributed by atoms with Gasteiger partial charge in [-0.25, -0.2) is 23.7 Å². The number of aromatic nitrogens is 3. The average Bonchev–Trinajstić information content (AvgIpc) is 3.37. The van der Waals surface area contributed by atoms with Gasteiger partial charge in [-0.05, 0) is 26.8 Å². The van der Waals surface area contributed by atoms with Gasteiger partial charge >= 0.3 is 0 Å². The van der Waals surface area contributed by atoms with E-state index in [2.05, 4.69) is 25.3 Å². The fraction of sp³-hybridized carbons (Fsp3) is 0.400. The Morgan fingerprint density at radius 3 is 2.71 bits per heavy atom. The zero-order valence-corrected chi connectivity index (χ0v) is 22.4. The lowest BCUT2D eigenvalue weighted by Crippen LogP contribution is -2.50. The Morgan fingerprint density at radius 1 is 1.29 bits per heavy atom. The second-order valence-corrected chi connectivity index (χ2v) is 10.9. The summed E-state index contributed by atoms with van der Waals surface area (Å²) in [6, 6.07) is 2.27. The third-order valence-corrected chi connectivity index (χ3v) is 7.91. The Kier molecular flexibility index (Phi) is 7.70. The fourth-order valence-electron chi connectivity index (χ4n) is 4.44. The van der Waals surface area contributed by atoms with Crippen molar-refractivity contribution in [3.05, 3.63) is 65.3 Å². The van der Waals surface area contributed by atoms with Crippen LogP contribution in [0.1, 0.15) is 48.4 Å². The van der Waals surface area contributed by atoms with Gasteiger partial charge < -0.3 is 24.9 Å². The smallest absolute Gasteiger partial charge is 0.276 e. The first-order chi connectivity index (χ1) is 18.0. The van der Waals surface area contributed by atoms with Crippen molar-refractivity contribution in [3.8, 4) is 5.88 Å². The van der Waals surface area contributed by atoms with E-state index < -0.39 is 27.8 Å². The number of nitrogens with one attached hydrogen (secondary N) is 1. The van der Waals surface area contributed by atoms with Crippen LogP contribution >= 0.6 is 11.8 Å². The number of nitrogens with zero attached hydrogens (tertiary/aromatic N) is 4. The molecule has 1 amide bonds. The maximum absolute atomic E-state index is 15.2. The number of halogens is 2. The number of nitrogens with two attached hydrogens (primary N) is 1. The molecule has 38 heavy (non-hydrogen) atoms. The predicted molar refractivity (Wildman–Crippen MR) is 138 cm³/mol. The first-order valence-corrected chi connectivity index (χ1v) is 12.5. The molecule has 1 aliphatic heterocycles. The SMILES string of the molecule is COC[C@@]1(C)SC(N)=N[C@](C)(c2cc(NC(=O)c3ncc(OCc4ncco4)nc3C)cc(F)c2F)[C@@H]1C. The number of carbonyl (C=O) groups excluding carboxylic acids is 1. The van der Waals surface area contributed by atoms with Gasteiger partial charge in [-0.1, -0.05) is 18.7 Å². The maximum atomic E-state index is 15.2. The van der Waals surface area contributed by atoms with Crippen molar-refractivity contribution in [2.45, 2.75) is 44.6 Å². The standard InChI is InChI=1S/C25H28F2N6O4S/c1-13-21(30-10-18(31-13)37-11-19-29-6-7-36-19)22(34)32-15-8-16(20(27)17(26)9-15)25(4)14(2)24(3,12-35-5)38-23(28)33-25/h6-10,14H,11-12H2,1-5H3,(H2,28,33)(H,32,34)/t14-,24-,25+/m1/s1. The molecule has 0 unspecified atom stereocenters. The number of rotatable bonds is 8. The number of ether oxygens (including phenoxy) is 2. The Bertz CT molecular complexity index is 1370. The van der Waals surface area contributed by atoms with Crippen molar-refractivity contribution in [1.82, 2.24) is 15.0 Å². The Labute approximate surface area is 222 Å². The molecule has 0 fully saturated rings. The van der Waals surface area contributed by atoms with Crippen LogP contribution in [0.3, 0.4) is 0 Å². The number of oxazole rings is 1. The molecule has 3 heterocycles. The van der Waals surface area contributed by atoms with Crippen LogP contribution in [0.25, 0.3) is 0 Å². The molecule has 0 saturated heterocycles. The van der Waals surface area contributed by atoms with E-state index in [9.17, 15) is 9.18 Å². The number of hydrogen-bond acceptors (Lipinski definition) is 10. The summed E-state index contributed by atoms with van der Waals surface area (Å²) in [6.07, 6.45) is 4.18. The molecule has 1 aliphatic rings. The van der Waals surface area contributed by atoms with Gasteiger partial charge in [-0.15, -0.1) is 0 Å². The molecular weight excluding hydrogens is 518 g/mol. The van der Waals surface area contributed by atoms with Gasteiger partial charge in [0, 0.05) is 35.1 Å². The van der Waals surface area contributed by atoms with Gasteiger partial charge in [0.15, 0.2) is 23.4 Å².